The van der Waals surface area contributed by atoms with Gasteiger partial charge in [-0.1, -0.05) is 42.5 Å². The van der Waals surface area contributed by atoms with Crippen molar-refractivity contribution >= 4 is 22.9 Å². The summed E-state index contributed by atoms with van der Waals surface area (Å²) in [6.07, 6.45) is 6.27. The molecule has 6 heteroatoms. The zero-order valence-electron chi connectivity index (χ0n) is 17.5. The predicted octanol–water partition coefficient (Wildman–Crippen LogP) is 4.41. The third-order valence-corrected chi connectivity index (χ3v) is 7.34. The van der Waals surface area contributed by atoms with Gasteiger partial charge in [-0.3, -0.25) is 4.79 Å². The van der Waals surface area contributed by atoms with Crippen LogP contribution in [0.2, 0.25) is 0 Å². The molecule has 160 valence electrons. The van der Waals surface area contributed by atoms with Crippen LogP contribution in [0.1, 0.15) is 45.9 Å². The molecule has 0 radical (unpaired) electrons. The number of benzene rings is 2. The number of aromatic nitrogens is 1. The quantitative estimate of drug-likeness (QED) is 0.626. The number of anilines is 1. The summed E-state index contributed by atoms with van der Waals surface area (Å²) in [5.74, 6) is -0.0130. The Balaban J connectivity index is 1.28. The molecule has 2 aliphatic rings. The van der Waals surface area contributed by atoms with E-state index in [1.54, 1.807) is 0 Å². The lowest BCUT2D eigenvalue weighted by Crippen LogP contribution is -2.33. The van der Waals surface area contributed by atoms with Crippen LogP contribution in [0.4, 0.5) is 5.69 Å². The average molecular weight is 434 g/mol. The fourth-order valence-corrected chi connectivity index (χ4v) is 5.47. The molecule has 1 aromatic heterocycles. The number of carbonyl (C=O) groups is 1. The van der Waals surface area contributed by atoms with E-state index in [9.17, 15) is 9.90 Å². The first-order valence-electron chi connectivity index (χ1n) is 11.0. The van der Waals surface area contributed by atoms with Crippen molar-refractivity contribution in [3.05, 3.63) is 70.2 Å². The molecule has 0 saturated heterocycles. The summed E-state index contributed by atoms with van der Waals surface area (Å²) in [4.78, 5) is 20.6. The Hall–Kier alpha value is -2.54. The van der Waals surface area contributed by atoms with Crippen molar-refractivity contribution in [2.75, 3.05) is 11.4 Å². The number of nitrogens with zero attached hydrogens (tertiary/aromatic N) is 2. The Morgan fingerprint density at radius 2 is 1.90 bits per heavy atom. The summed E-state index contributed by atoms with van der Waals surface area (Å²) < 4.78 is 0. The molecule has 0 bridgehead atoms. The SMILES string of the molecule is O=C(c1ncc(CNC2CCC(O)CC2)s1)N1CCc2c(-c3ccccc3)cccc21. The topological polar surface area (TPSA) is 65.5 Å². The maximum absolute atomic E-state index is 13.2. The van der Waals surface area contributed by atoms with Crippen molar-refractivity contribution in [1.29, 1.82) is 0 Å². The lowest BCUT2D eigenvalue weighted by Gasteiger charge is -2.26. The molecule has 1 aliphatic carbocycles. The molecule has 0 spiro atoms. The monoisotopic (exact) mass is 433 g/mol. The first-order chi connectivity index (χ1) is 15.2. The number of carbonyl (C=O) groups excluding carboxylic acids is 1. The van der Waals surface area contributed by atoms with Crippen LogP contribution in [0.15, 0.2) is 54.7 Å². The van der Waals surface area contributed by atoms with Gasteiger partial charge in [0.25, 0.3) is 5.91 Å². The number of nitrogens with one attached hydrogen (secondary N) is 1. The molecule has 2 heterocycles. The van der Waals surface area contributed by atoms with Crippen molar-refractivity contribution in [2.45, 2.75) is 50.8 Å². The van der Waals surface area contributed by atoms with Gasteiger partial charge in [-0.25, -0.2) is 4.98 Å². The van der Waals surface area contributed by atoms with E-state index >= 15 is 0 Å². The molecule has 1 amide bonds. The molecule has 5 rings (SSSR count). The van der Waals surface area contributed by atoms with Gasteiger partial charge >= 0.3 is 0 Å². The molecule has 1 fully saturated rings. The molecule has 5 nitrogen and oxygen atoms in total. The molecular formula is C25H27N3O2S. The molecule has 1 aliphatic heterocycles. The lowest BCUT2D eigenvalue weighted by molar-refractivity contribution is 0.0989. The van der Waals surface area contributed by atoms with E-state index in [1.807, 2.05) is 41.4 Å². The molecule has 31 heavy (non-hydrogen) atoms. The third kappa shape index (κ3) is 4.28. The van der Waals surface area contributed by atoms with Gasteiger partial charge in [0.15, 0.2) is 5.01 Å². The van der Waals surface area contributed by atoms with Gasteiger partial charge in [-0.2, -0.15) is 0 Å². The van der Waals surface area contributed by atoms with Crippen LogP contribution in [0, 0.1) is 0 Å². The third-order valence-electron chi connectivity index (χ3n) is 6.36. The molecule has 3 aromatic rings. The van der Waals surface area contributed by atoms with E-state index < -0.39 is 0 Å². The van der Waals surface area contributed by atoms with Gasteiger partial charge in [0.05, 0.1) is 6.10 Å². The van der Waals surface area contributed by atoms with Crippen molar-refractivity contribution in [3.8, 4) is 11.1 Å². The van der Waals surface area contributed by atoms with Crippen LogP contribution in [0.25, 0.3) is 11.1 Å². The highest BCUT2D eigenvalue weighted by Crippen LogP contribution is 2.37. The minimum absolute atomic E-state index is 0.0130. The van der Waals surface area contributed by atoms with Crippen LogP contribution in [-0.4, -0.2) is 34.7 Å². The van der Waals surface area contributed by atoms with E-state index in [0.29, 0.717) is 17.6 Å². The van der Waals surface area contributed by atoms with Crippen LogP contribution in [0.3, 0.4) is 0 Å². The Morgan fingerprint density at radius 3 is 2.71 bits per heavy atom. The molecule has 2 N–H and O–H groups in total. The number of rotatable bonds is 5. The molecule has 0 atom stereocenters. The van der Waals surface area contributed by atoms with E-state index in [0.717, 1.165) is 49.2 Å². The Morgan fingerprint density at radius 1 is 1.10 bits per heavy atom. The average Bonchev–Trinajstić information content (AvgIpc) is 3.46. The van der Waals surface area contributed by atoms with Crippen molar-refractivity contribution in [3.63, 3.8) is 0 Å². The summed E-state index contributed by atoms with van der Waals surface area (Å²) in [6.45, 7) is 1.41. The molecule has 0 unspecified atom stereocenters. The number of aliphatic hydroxyl groups is 1. The Kier molecular flexibility index (Phi) is 5.85. The first-order valence-corrected chi connectivity index (χ1v) is 11.9. The summed E-state index contributed by atoms with van der Waals surface area (Å²) in [7, 11) is 0. The van der Waals surface area contributed by atoms with Gasteiger partial charge in [0, 0.05) is 35.9 Å². The zero-order chi connectivity index (χ0) is 21.2. The largest absolute Gasteiger partial charge is 0.393 e. The molecule has 2 aromatic carbocycles. The maximum Gasteiger partial charge on any atom is 0.287 e. The Labute approximate surface area is 186 Å². The minimum Gasteiger partial charge on any atom is -0.393 e. The highest BCUT2D eigenvalue weighted by Gasteiger charge is 2.29. The van der Waals surface area contributed by atoms with Gasteiger partial charge in [-0.15, -0.1) is 11.3 Å². The van der Waals surface area contributed by atoms with E-state index in [-0.39, 0.29) is 12.0 Å². The van der Waals surface area contributed by atoms with Crippen LogP contribution in [0.5, 0.6) is 0 Å². The van der Waals surface area contributed by atoms with Crippen molar-refractivity contribution in [1.82, 2.24) is 10.3 Å². The molecular weight excluding hydrogens is 406 g/mol. The van der Waals surface area contributed by atoms with Crippen molar-refractivity contribution in [2.24, 2.45) is 0 Å². The van der Waals surface area contributed by atoms with Gasteiger partial charge < -0.3 is 15.3 Å². The van der Waals surface area contributed by atoms with Crippen LogP contribution in [-0.2, 0) is 13.0 Å². The van der Waals surface area contributed by atoms with E-state index in [1.165, 1.54) is 28.0 Å². The highest BCUT2D eigenvalue weighted by atomic mass is 32.1. The second kappa shape index (κ2) is 8.91. The number of hydrogen-bond donors (Lipinski definition) is 2. The fourth-order valence-electron chi connectivity index (χ4n) is 4.66. The number of fused-ring (bicyclic) bond motifs is 1. The number of amides is 1. The molecule has 1 saturated carbocycles. The smallest absolute Gasteiger partial charge is 0.287 e. The van der Waals surface area contributed by atoms with Gasteiger partial charge in [0.2, 0.25) is 0 Å². The Bertz CT molecular complexity index is 1060. The van der Waals surface area contributed by atoms with Crippen LogP contribution >= 0.6 is 11.3 Å². The van der Waals surface area contributed by atoms with E-state index in [4.69, 9.17) is 0 Å². The number of thiazole rings is 1. The van der Waals surface area contributed by atoms with E-state index in [2.05, 4.69) is 28.5 Å². The summed E-state index contributed by atoms with van der Waals surface area (Å²) in [6, 6.07) is 17.0. The standard InChI is InChI=1S/C25H27N3O2S/c29-19-11-9-18(10-12-19)26-15-20-16-27-24(31-20)25(30)28-14-13-22-21(7-4-8-23(22)28)17-5-2-1-3-6-17/h1-8,16,18-19,26,29H,9-15H2. The summed E-state index contributed by atoms with van der Waals surface area (Å²) >= 11 is 1.48. The maximum atomic E-state index is 13.2. The second-order valence-corrected chi connectivity index (χ2v) is 9.51. The zero-order valence-corrected chi connectivity index (χ0v) is 18.3. The second-order valence-electron chi connectivity index (χ2n) is 8.39. The highest BCUT2D eigenvalue weighted by molar-refractivity contribution is 7.13. The predicted molar refractivity (Wildman–Crippen MR) is 124 cm³/mol. The van der Waals surface area contributed by atoms with Gasteiger partial charge in [0.1, 0.15) is 0 Å². The van der Waals surface area contributed by atoms with Gasteiger partial charge in [-0.05, 0) is 54.9 Å². The lowest BCUT2D eigenvalue weighted by atomic mass is 9.93. The summed E-state index contributed by atoms with van der Waals surface area (Å²) in [5, 5.41) is 13.8. The van der Waals surface area contributed by atoms with Crippen molar-refractivity contribution < 1.29 is 9.90 Å². The number of aliphatic hydroxyl groups excluding tert-OH is 1. The summed E-state index contributed by atoms with van der Waals surface area (Å²) in [5.41, 5.74) is 4.63. The van der Waals surface area contributed by atoms with Crippen LogP contribution < -0.4 is 10.2 Å². The number of hydrogen-bond acceptors (Lipinski definition) is 5. The first kappa shape index (κ1) is 20.4. The minimum atomic E-state index is -0.142. The normalized spacial score (nSPS) is 20.6. The fraction of sp³-hybridized carbons (Fsp3) is 0.360.